The largest absolute Gasteiger partial charge is 0.417 e. The van der Waals surface area contributed by atoms with E-state index in [1.165, 1.54) is 30.4 Å². The summed E-state index contributed by atoms with van der Waals surface area (Å²) < 4.78 is 38.7. The van der Waals surface area contributed by atoms with E-state index in [-0.39, 0.29) is 17.6 Å². The van der Waals surface area contributed by atoms with Gasteiger partial charge in [0.05, 0.1) is 5.56 Å². The summed E-state index contributed by atoms with van der Waals surface area (Å²) in [4.78, 5) is 11.6. The van der Waals surface area contributed by atoms with Gasteiger partial charge in [0.15, 0.2) is 0 Å². The van der Waals surface area contributed by atoms with Crippen molar-refractivity contribution in [3.8, 4) is 0 Å². The molecule has 0 aliphatic rings. The van der Waals surface area contributed by atoms with Crippen LogP contribution in [-0.4, -0.2) is 5.78 Å². The summed E-state index contributed by atoms with van der Waals surface area (Å²) in [6.45, 7) is 1.43. The fourth-order valence-electron chi connectivity index (χ4n) is 1.69. The van der Waals surface area contributed by atoms with Crippen molar-refractivity contribution in [2.45, 2.75) is 19.5 Å². The number of carbonyl (C=O) groups excluding carboxylic acids is 1. The number of hydrogen-bond acceptors (Lipinski definition) is 2. The molecule has 0 saturated carbocycles. The minimum atomic E-state index is -4.35. The highest BCUT2D eigenvalue weighted by Crippen LogP contribution is 2.38. The topological polar surface area (TPSA) is 17.1 Å². The Morgan fingerprint density at radius 1 is 1.35 bits per heavy atom. The molecular formula is C12H9F3OS. The second kappa shape index (κ2) is 4.14. The molecule has 0 aliphatic heterocycles. The van der Waals surface area contributed by atoms with Crippen molar-refractivity contribution >= 4 is 27.2 Å². The minimum Gasteiger partial charge on any atom is -0.300 e. The number of Topliss-reactive ketones (excluding diaryl/α,β-unsaturated/α-hetero) is 1. The molecule has 1 aromatic heterocycles. The van der Waals surface area contributed by atoms with Crippen molar-refractivity contribution in [2.75, 3.05) is 0 Å². The maximum Gasteiger partial charge on any atom is 0.417 e. The molecule has 0 spiro atoms. The number of alkyl halides is 3. The molecule has 0 unspecified atom stereocenters. The zero-order chi connectivity index (χ0) is 12.6. The van der Waals surface area contributed by atoms with E-state index in [2.05, 4.69) is 0 Å². The molecule has 0 radical (unpaired) electrons. The van der Waals surface area contributed by atoms with Gasteiger partial charge in [0.25, 0.3) is 0 Å². The summed E-state index contributed by atoms with van der Waals surface area (Å²) in [5.74, 6) is -0.0508. The number of thiophene rings is 1. The van der Waals surface area contributed by atoms with E-state index in [4.69, 9.17) is 0 Å². The monoisotopic (exact) mass is 258 g/mol. The highest BCUT2D eigenvalue weighted by atomic mass is 32.1. The van der Waals surface area contributed by atoms with E-state index in [1.54, 1.807) is 6.07 Å². The van der Waals surface area contributed by atoms with Gasteiger partial charge in [0.1, 0.15) is 5.78 Å². The second-order valence-corrected chi connectivity index (χ2v) is 4.97. The van der Waals surface area contributed by atoms with E-state index in [1.807, 2.05) is 0 Å². The van der Waals surface area contributed by atoms with Gasteiger partial charge in [-0.25, -0.2) is 0 Å². The summed E-state index contributed by atoms with van der Waals surface area (Å²) in [6, 6.07) is 5.55. The van der Waals surface area contributed by atoms with E-state index >= 15 is 0 Å². The average molecular weight is 258 g/mol. The number of rotatable bonds is 2. The van der Waals surface area contributed by atoms with Gasteiger partial charge in [0.2, 0.25) is 0 Å². The molecule has 0 amide bonds. The maximum atomic E-state index is 12.7. The second-order valence-electron chi connectivity index (χ2n) is 3.81. The molecule has 0 fully saturated rings. The van der Waals surface area contributed by atoms with Crippen LogP contribution in [0.15, 0.2) is 24.3 Å². The van der Waals surface area contributed by atoms with Gasteiger partial charge in [-0.3, -0.25) is 4.79 Å². The van der Waals surface area contributed by atoms with Crippen molar-refractivity contribution in [3.63, 3.8) is 0 Å². The predicted octanol–water partition coefficient (Wildman–Crippen LogP) is 4.05. The standard InChI is InChI=1S/C12H9F3OS/c1-7(16)5-8-6-9-10(12(13,14)15)3-2-4-11(9)17-8/h2-4,6H,5H2,1H3. The van der Waals surface area contributed by atoms with E-state index in [9.17, 15) is 18.0 Å². The summed E-state index contributed by atoms with van der Waals surface area (Å²) in [5.41, 5.74) is -0.638. The average Bonchev–Trinajstić information content (AvgIpc) is 2.55. The molecule has 1 nitrogen and oxygen atoms in total. The molecular weight excluding hydrogens is 249 g/mol. The third-order valence-electron chi connectivity index (χ3n) is 2.34. The van der Waals surface area contributed by atoms with Crippen molar-refractivity contribution < 1.29 is 18.0 Å². The lowest BCUT2D eigenvalue weighted by Crippen LogP contribution is -2.04. The lowest BCUT2D eigenvalue weighted by Gasteiger charge is -2.06. The number of benzene rings is 1. The van der Waals surface area contributed by atoms with Crippen molar-refractivity contribution in [1.82, 2.24) is 0 Å². The molecule has 0 aliphatic carbocycles. The lowest BCUT2D eigenvalue weighted by molar-refractivity contribution is -0.136. The molecule has 1 aromatic carbocycles. The Hall–Kier alpha value is -1.36. The molecule has 0 saturated heterocycles. The van der Waals surface area contributed by atoms with Crippen molar-refractivity contribution in [1.29, 1.82) is 0 Å². The minimum absolute atomic E-state index is 0.0508. The Morgan fingerprint density at radius 3 is 2.65 bits per heavy atom. The molecule has 1 heterocycles. The van der Waals surface area contributed by atoms with Crippen LogP contribution in [0.5, 0.6) is 0 Å². The number of ketones is 1. The molecule has 0 bridgehead atoms. The van der Waals surface area contributed by atoms with E-state index in [0.717, 1.165) is 6.07 Å². The first-order chi connectivity index (χ1) is 7.88. The van der Waals surface area contributed by atoms with Crippen LogP contribution in [0.1, 0.15) is 17.4 Å². The molecule has 2 aromatic rings. The van der Waals surface area contributed by atoms with Crippen molar-refractivity contribution in [2.24, 2.45) is 0 Å². The highest BCUT2D eigenvalue weighted by Gasteiger charge is 2.32. The molecule has 0 atom stereocenters. The number of halogens is 3. The Labute approximate surface area is 99.9 Å². The maximum absolute atomic E-state index is 12.7. The lowest BCUT2D eigenvalue weighted by atomic mass is 10.1. The van der Waals surface area contributed by atoms with E-state index < -0.39 is 11.7 Å². The fourth-order valence-corrected chi connectivity index (χ4v) is 2.85. The van der Waals surface area contributed by atoms with Crippen LogP contribution >= 0.6 is 11.3 Å². The summed E-state index contributed by atoms with van der Waals surface area (Å²) in [6.07, 6.45) is -4.16. The number of carbonyl (C=O) groups is 1. The zero-order valence-electron chi connectivity index (χ0n) is 8.97. The first kappa shape index (κ1) is 12.1. The van der Waals surface area contributed by atoms with Crippen LogP contribution in [0.4, 0.5) is 13.2 Å². The summed E-state index contributed by atoms with van der Waals surface area (Å²) in [5, 5.41) is 0.182. The third kappa shape index (κ3) is 2.49. The van der Waals surface area contributed by atoms with Gasteiger partial charge in [-0.2, -0.15) is 13.2 Å². The first-order valence-corrected chi connectivity index (χ1v) is 5.77. The molecule has 0 N–H and O–H groups in total. The van der Waals surface area contributed by atoms with Gasteiger partial charge >= 0.3 is 6.18 Å². The highest BCUT2D eigenvalue weighted by molar-refractivity contribution is 7.19. The molecule has 2 rings (SSSR count). The molecule has 17 heavy (non-hydrogen) atoms. The van der Waals surface area contributed by atoms with Crippen LogP contribution in [0, 0.1) is 0 Å². The predicted molar refractivity (Wildman–Crippen MR) is 61.2 cm³/mol. The Morgan fingerprint density at radius 2 is 2.06 bits per heavy atom. The first-order valence-electron chi connectivity index (χ1n) is 4.96. The summed E-state index contributed by atoms with van der Waals surface area (Å²) in [7, 11) is 0. The van der Waals surface area contributed by atoms with Crippen LogP contribution in [0.25, 0.3) is 10.1 Å². The Bertz CT molecular complexity index is 569. The van der Waals surface area contributed by atoms with E-state index in [0.29, 0.717) is 9.58 Å². The Kier molecular flexibility index (Phi) is 2.95. The fraction of sp³-hybridized carbons (Fsp3) is 0.250. The van der Waals surface area contributed by atoms with Gasteiger partial charge in [-0.15, -0.1) is 11.3 Å². The van der Waals surface area contributed by atoms with Gasteiger partial charge in [0, 0.05) is 21.4 Å². The SMILES string of the molecule is CC(=O)Cc1cc2c(C(F)(F)F)cccc2s1. The van der Waals surface area contributed by atoms with Crippen LogP contribution < -0.4 is 0 Å². The van der Waals surface area contributed by atoms with Gasteiger partial charge < -0.3 is 0 Å². The normalized spacial score (nSPS) is 12.0. The number of fused-ring (bicyclic) bond motifs is 1. The molecule has 5 heteroatoms. The van der Waals surface area contributed by atoms with Gasteiger partial charge in [-0.05, 0) is 25.1 Å². The molecule has 90 valence electrons. The summed E-state index contributed by atoms with van der Waals surface area (Å²) >= 11 is 1.24. The third-order valence-corrected chi connectivity index (χ3v) is 3.44. The smallest absolute Gasteiger partial charge is 0.300 e. The van der Waals surface area contributed by atoms with Crippen molar-refractivity contribution in [3.05, 3.63) is 34.7 Å². The van der Waals surface area contributed by atoms with Crippen LogP contribution in [0.2, 0.25) is 0 Å². The van der Waals surface area contributed by atoms with Gasteiger partial charge in [-0.1, -0.05) is 6.07 Å². The Balaban J connectivity index is 2.57. The van der Waals surface area contributed by atoms with Crippen LogP contribution in [-0.2, 0) is 17.4 Å². The number of hydrogen-bond donors (Lipinski definition) is 0. The quantitative estimate of drug-likeness (QED) is 0.794. The zero-order valence-corrected chi connectivity index (χ0v) is 9.78. The van der Waals surface area contributed by atoms with Crippen LogP contribution in [0.3, 0.4) is 0 Å².